The van der Waals surface area contributed by atoms with Crippen LogP contribution in [0.4, 0.5) is 16.2 Å². The molecule has 0 fully saturated rings. The second-order valence-electron chi connectivity index (χ2n) is 10.2. The van der Waals surface area contributed by atoms with E-state index in [1.54, 1.807) is 36.4 Å². The Bertz CT molecular complexity index is 1750. The van der Waals surface area contributed by atoms with Gasteiger partial charge in [0.1, 0.15) is 21.3 Å². The molecule has 220 valence electrons. The Kier molecular flexibility index (Phi) is 9.23. The molecule has 2 N–H and O–H groups in total. The average Bonchev–Trinajstić information content (AvgIpc) is 2.94. The van der Waals surface area contributed by atoms with E-state index in [0.29, 0.717) is 11.4 Å². The van der Waals surface area contributed by atoms with Gasteiger partial charge < -0.3 is 19.0 Å². The van der Waals surface area contributed by atoms with Crippen LogP contribution in [0.1, 0.15) is 50.7 Å². The molecule has 0 spiro atoms. The van der Waals surface area contributed by atoms with Crippen molar-refractivity contribution in [3.05, 3.63) is 108 Å². The molecule has 0 atom stereocenters. The van der Waals surface area contributed by atoms with Gasteiger partial charge in [-0.05, 0) is 83.6 Å². The highest BCUT2D eigenvalue weighted by Gasteiger charge is 2.19. The molecule has 0 unspecified atom stereocenters. The van der Waals surface area contributed by atoms with E-state index in [1.807, 2.05) is 27.7 Å². The van der Waals surface area contributed by atoms with E-state index in [-0.39, 0.29) is 33.1 Å². The standard InChI is InChI=1S/C31H32N2O7S2/c1-21(2)23-8-16-29(17-9-23)41(35,36)39-27-14-12-25(13-15-27)32-31(34)33-26-6-5-7-28(20-26)40-42(37,38)30-18-10-24(11-19-30)22(3)4/h5-22H,1-4H3,(H2,32,33,34). The van der Waals surface area contributed by atoms with Gasteiger partial charge in [-0.3, -0.25) is 0 Å². The van der Waals surface area contributed by atoms with Crippen LogP contribution < -0.4 is 19.0 Å². The summed E-state index contributed by atoms with van der Waals surface area (Å²) in [5, 5.41) is 5.23. The Morgan fingerprint density at radius 2 is 1.02 bits per heavy atom. The van der Waals surface area contributed by atoms with Crippen molar-refractivity contribution >= 4 is 37.6 Å². The highest BCUT2D eigenvalue weighted by Crippen LogP contribution is 2.25. The summed E-state index contributed by atoms with van der Waals surface area (Å²) in [7, 11) is -8.10. The zero-order valence-corrected chi connectivity index (χ0v) is 25.2. The third-order valence-corrected chi connectivity index (χ3v) is 8.81. The molecule has 0 aliphatic rings. The first-order chi connectivity index (χ1) is 19.8. The normalized spacial score (nSPS) is 11.8. The van der Waals surface area contributed by atoms with Gasteiger partial charge in [-0.25, -0.2) is 4.79 Å². The number of nitrogens with one attached hydrogen (secondary N) is 2. The fourth-order valence-electron chi connectivity index (χ4n) is 3.90. The largest absolute Gasteiger partial charge is 0.379 e. The van der Waals surface area contributed by atoms with Gasteiger partial charge in [0, 0.05) is 17.4 Å². The Morgan fingerprint density at radius 3 is 1.50 bits per heavy atom. The van der Waals surface area contributed by atoms with E-state index >= 15 is 0 Å². The topological polar surface area (TPSA) is 128 Å². The third kappa shape index (κ3) is 7.89. The van der Waals surface area contributed by atoms with Gasteiger partial charge in [-0.1, -0.05) is 58.0 Å². The molecule has 0 bridgehead atoms. The highest BCUT2D eigenvalue weighted by molar-refractivity contribution is 7.87. The number of anilines is 2. The zero-order chi connectivity index (χ0) is 30.5. The Labute approximate surface area is 246 Å². The second-order valence-corrected chi connectivity index (χ2v) is 13.2. The van der Waals surface area contributed by atoms with Crippen LogP contribution >= 0.6 is 0 Å². The molecule has 0 saturated heterocycles. The van der Waals surface area contributed by atoms with Gasteiger partial charge in [0.2, 0.25) is 0 Å². The fraction of sp³-hybridized carbons (Fsp3) is 0.194. The number of carbonyl (C=O) groups excluding carboxylic acids is 1. The zero-order valence-electron chi connectivity index (χ0n) is 23.6. The Balaban J connectivity index is 1.35. The number of hydrogen-bond acceptors (Lipinski definition) is 7. The summed E-state index contributed by atoms with van der Waals surface area (Å²) in [6.07, 6.45) is 0. The molecule has 4 aromatic rings. The molecular formula is C31H32N2O7S2. The maximum absolute atomic E-state index is 12.7. The van der Waals surface area contributed by atoms with Crippen molar-refractivity contribution < 1.29 is 30.0 Å². The molecule has 0 heterocycles. The van der Waals surface area contributed by atoms with E-state index in [9.17, 15) is 21.6 Å². The van der Waals surface area contributed by atoms with Crippen LogP contribution in [0.15, 0.2) is 107 Å². The molecule has 0 saturated carbocycles. The SMILES string of the molecule is CC(C)c1ccc(S(=O)(=O)Oc2ccc(NC(=O)Nc3cccc(OS(=O)(=O)c4ccc(C(C)C)cc4)c3)cc2)cc1. The van der Waals surface area contributed by atoms with Crippen molar-refractivity contribution in [1.29, 1.82) is 0 Å². The molecule has 4 aromatic carbocycles. The number of rotatable bonds is 10. The van der Waals surface area contributed by atoms with Crippen LogP contribution in [0, 0.1) is 0 Å². The molecule has 11 heteroatoms. The second kappa shape index (κ2) is 12.7. The van der Waals surface area contributed by atoms with Gasteiger partial charge in [0.15, 0.2) is 0 Å². The minimum absolute atomic E-state index is 0.0206. The molecule has 0 radical (unpaired) electrons. The maximum atomic E-state index is 12.7. The summed E-state index contributed by atoms with van der Waals surface area (Å²) >= 11 is 0. The molecule has 0 aromatic heterocycles. The van der Waals surface area contributed by atoms with Crippen LogP contribution in [0.3, 0.4) is 0 Å². The van der Waals surface area contributed by atoms with Crippen LogP contribution in [-0.2, 0) is 20.2 Å². The summed E-state index contributed by atoms with van der Waals surface area (Å²) in [6.45, 7) is 8.06. The predicted molar refractivity (Wildman–Crippen MR) is 162 cm³/mol. The molecule has 9 nitrogen and oxygen atoms in total. The van der Waals surface area contributed by atoms with Crippen molar-refractivity contribution in [2.75, 3.05) is 10.6 Å². The Hall–Kier alpha value is -4.35. The smallest absolute Gasteiger partial charge is 0.339 e. The summed E-state index contributed by atoms with van der Waals surface area (Å²) in [4.78, 5) is 12.6. The highest BCUT2D eigenvalue weighted by atomic mass is 32.2. The van der Waals surface area contributed by atoms with E-state index in [1.165, 1.54) is 60.7 Å². The summed E-state index contributed by atoms with van der Waals surface area (Å²) < 4.78 is 61.2. The van der Waals surface area contributed by atoms with Gasteiger partial charge >= 0.3 is 26.3 Å². The summed E-state index contributed by atoms with van der Waals surface area (Å²) in [5.41, 5.74) is 2.69. The number of amides is 2. The quantitative estimate of drug-likeness (QED) is 0.184. The molecule has 2 amide bonds. The van der Waals surface area contributed by atoms with E-state index in [2.05, 4.69) is 10.6 Å². The van der Waals surface area contributed by atoms with Crippen molar-refractivity contribution in [1.82, 2.24) is 0 Å². The van der Waals surface area contributed by atoms with Crippen LogP contribution in [0.5, 0.6) is 11.5 Å². The van der Waals surface area contributed by atoms with Crippen molar-refractivity contribution in [2.45, 2.75) is 49.3 Å². The molecular weight excluding hydrogens is 576 g/mol. The lowest BCUT2D eigenvalue weighted by atomic mass is 10.0. The first-order valence-electron chi connectivity index (χ1n) is 13.2. The molecule has 0 aliphatic carbocycles. The van der Waals surface area contributed by atoms with Gasteiger partial charge in [0.05, 0.1) is 0 Å². The molecule has 0 aliphatic heterocycles. The van der Waals surface area contributed by atoms with Gasteiger partial charge in [-0.15, -0.1) is 0 Å². The van der Waals surface area contributed by atoms with Crippen LogP contribution in [0.2, 0.25) is 0 Å². The van der Waals surface area contributed by atoms with Gasteiger partial charge in [0.25, 0.3) is 0 Å². The monoisotopic (exact) mass is 608 g/mol. The predicted octanol–water partition coefficient (Wildman–Crippen LogP) is 7.11. The Morgan fingerprint density at radius 1 is 0.571 bits per heavy atom. The summed E-state index contributed by atoms with van der Waals surface area (Å²) in [6, 6.07) is 24.2. The maximum Gasteiger partial charge on any atom is 0.339 e. The third-order valence-electron chi connectivity index (χ3n) is 6.29. The van der Waals surface area contributed by atoms with E-state index < -0.39 is 26.3 Å². The first-order valence-corrected chi connectivity index (χ1v) is 16.0. The van der Waals surface area contributed by atoms with Crippen molar-refractivity contribution in [3.63, 3.8) is 0 Å². The van der Waals surface area contributed by atoms with Gasteiger partial charge in [-0.2, -0.15) is 16.8 Å². The lowest BCUT2D eigenvalue weighted by molar-refractivity contribution is 0.262. The summed E-state index contributed by atoms with van der Waals surface area (Å²) in [5.74, 6) is 0.643. The minimum atomic E-state index is -4.07. The van der Waals surface area contributed by atoms with Crippen LogP contribution in [0.25, 0.3) is 0 Å². The van der Waals surface area contributed by atoms with E-state index in [0.717, 1.165) is 11.1 Å². The number of carbonyl (C=O) groups is 1. The van der Waals surface area contributed by atoms with Crippen LogP contribution in [-0.4, -0.2) is 22.9 Å². The average molecular weight is 609 g/mol. The molecule has 4 rings (SSSR count). The van der Waals surface area contributed by atoms with Crippen molar-refractivity contribution in [3.8, 4) is 11.5 Å². The molecule has 42 heavy (non-hydrogen) atoms. The number of benzene rings is 4. The fourth-order valence-corrected chi connectivity index (χ4v) is 5.75. The lowest BCUT2D eigenvalue weighted by Gasteiger charge is -2.12. The first kappa shape index (κ1) is 30.6. The number of urea groups is 1. The van der Waals surface area contributed by atoms with Crippen molar-refractivity contribution in [2.24, 2.45) is 0 Å². The lowest BCUT2D eigenvalue weighted by Crippen LogP contribution is -2.19. The number of hydrogen-bond donors (Lipinski definition) is 2. The minimum Gasteiger partial charge on any atom is -0.379 e. The van der Waals surface area contributed by atoms with E-state index in [4.69, 9.17) is 8.37 Å².